The maximum Gasteiger partial charge on any atom is 0.352 e. The summed E-state index contributed by atoms with van der Waals surface area (Å²) in [6.07, 6.45) is 1.11. The maximum atomic E-state index is 12.8. The number of carbonyl (C=O) groups is 3. The van der Waals surface area contributed by atoms with Crippen molar-refractivity contribution in [2.24, 2.45) is 5.73 Å². The molecule has 0 bridgehead atoms. The highest BCUT2D eigenvalue weighted by molar-refractivity contribution is 7.14. The summed E-state index contributed by atoms with van der Waals surface area (Å²) < 4.78 is 0. The molecule has 0 radical (unpaired) electrons. The molecule has 0 spiro atoms. The minimum absolute atomic E-state index is 0.107. The monoisotopic (exact) mass is 458 g/mol. The van der Waals surface area contributed by atoms with Crippen molar-refractivity contribution in [1.29, 1.82) is 0 Å². The van der Waals surface area contributed by atoms with Crippen LogP contribution in [0.1, 0.15) is 50.2 Å². The Labute approximate surface area is 189 Å². The van der Waals surface area contributed by atoms with Gasteiger partial charge in [0, 0.05) is 42.5 Å². The summed E-state index contributed by atoms with van der Waals surface area (Å²) in [5, 5.41) is 18.0. The third-order valence-corrected chi connectivity index (χ3v) is 5.73. The van der Waals surface area contributed by atoms with E-state index in [-0.39, 0.29) is 17.3 Å². The van der Waals surface area contributed by atoms with Crippen LogP contribution < -0.4 is 11.1 Å². The second-order valence-corrected chi connectivity index (χ2v) is 8.15. The largest absolute Gasteiger partial charge is 0.477 e. The number of aryl methyl sites for hydroxylation is 1. The lowest BCUT2D eigenvalue weighted by Gasteiger charge is -2.26. The minimum Gasteiger partial charge on any atom is -0.477 e. The predicted octanol–water partition coefficient (Wildman–Crippen LogP) is 2.40. The van der Waals surface area contributed by atoms with Crippen molar-refractivity contribution in [1.82, 2.24) is 20.0 Å². The van der Waals surface area contributed by atoms with Crippen molar-refractivity contribution in [2.45, 2.75) is 19.8 Å². The number of hydrazine groups is 1. The van der Waals surface area contributed by atoms with Crippen molar-refractivity contribution < 1.29 is 19.5 Å². The number of aromatic carboxylic acids is 1. The molecule has 0 aliphatic rings. The Hall–Kier alpha value is -3.28. The number of nitrogens with zero attached hydrogens (tertiary/aromatic N) is 3. The Kier molecular flexibility index (Phi) is 7.23. The molecule has 3 aromatic rings. The number of anilines is 1. The summed E-state index contributed by atoms with van der Waals surface area (Å²) in [5.41, 5.74) is 7.56. The maximum absolute atomic E-state index is 12.8. The van der Waals surface area contributed by atoms with Crippen LogP contribution in [-0.4, -0.2) is 70.1 Å². The number of nitrogens with two attached hydrogens (primary N) is 1. The van der Waals surface area contributed by atoms with Gasteiger partial charge >= 0.3 is 5.97 Å². The molecule has 0 fully saturated rings. The van der Waals surface area contributed by atoms with E-state index in [0.29, 0.717) is 53.1 Å². The van der Waals surface area contributed by atoms with Gasteiger partial charge in [-0.2, -0.15) is 0 Å². The lowest BCUT2D eigenvalue weighted by Crippen LogP contribution is -2.41. The zero-order chi connectivity index (χ0) is 23.4. The molecule has 10 nitrogen and oxygen atoms in total. The van der Waals surface area contributed by atoms with Gasteiger partial charge in [-0.05, 0) is 50.1 Å². The fraction of sp³-hybridized carbons (Fsp3) is 0.333. The fourth-order valence-electron chi connectivity index (χ4n) is 3.45. The van der Waals surface area contributed by atoms with Gasteiger partial charge in [0.05, 0.1) is 0 Å². The molecule has 2 heterocycles. The molecule has 3 rings (SSSR count). The molecule has 5 N–H and O–H groups in total. The first kappa shape index (κ1) is 23.4. The van der Waals surface area contributed by atoms with Crippen molar-refractivity contribution in [3.63, 3.8) is 0 Å². The van der Waals surface area contributed by atoms with Gasteiger partial charge in [-0.1, -0.05) is 0 Å². The van der Waals surface area contributed by atoms with Gasteiger partial charge in [0.1, 0.15) is 11.4 Å². The number of fused-ring (bicyclic) bond motifs is 1. The van der Waals surface area contributed by atoms with Crippen molar-refractivity contribution in [3.8, 4) is 0 Å². The van der Waals surface area contributed by atoms with E-state index in [2.05, 4.69) is 15.3 Å². The van der Waals surface area contributed by atoms with Gasteiger partial charge in [-0.25, -0.2) is 14.8 Å². The van der Waals surface area contributed by atoms with Gasteiger partial charge in [0.2, 0.25) is 0 Å². The Balaban J connectivity index is 1.84. The highest BCUT2D eigenvalue weighted by atomic mass is 32.1. The second-order valence-electron chi connectivity index (χ2n) is 7.30. The molecule has 2 amide bonds. The third-order valence-electron chi connectivity index (χ3n) is 4.97. The van der Waals surface area contributed by atoms with Gasteiger partial charge in [-0.3, -0.25) is 19.9 Å². The van der Waals surface area contributed by atoms with E-state index in [9.17, 15) is 19.5 Å². The minimum atomic E-state index is -1.06. The Morgan fingerprint density at radius 1 is 1.28 bits per heavy atom. The molecular weight excluding hydrogens is 432 g/mol. The Bertz CT molecular complexity index is 1150. The lowest BCUT2D eigenvalue weighted by molar-refractivity contribution is 0.0225. The zero-order valence-corrected chi connectivity index (χ0v) is 19.0. The average Bonchev–Trinajstić information content (AvgIpc) is 3.36. The molecule has 1 aromatic carbocycles. The van der Waals surface area contributed by atoms with Crippen LogP contribution in [0.15, 0.2) is 23.6 Å². The Morgan fingerprint density at radius 2 is 2.03 bits per heavy atom. The molecule has 0 saturated carbocycles. The molecule has 2 aromatic heterocycles. The summed E-state index contributed by atoms with van der Waals surface area (Å²) in [7, 11) is 3.54. The number of H-pyrrole nitrogens is 1. The molecule has 0 saturated heterocycles. The number of thiazole rings is 1. The highest BCUT2D eigenvalue weighted by Crippen LogP contribution is 2.26. The van der Waals surface area contributed by atoms with Crippen LogP contribution in [-0.2, 0) is 6.42 Å². The highest BCUT2D eigenvalue weighted by Gasteiger charge is 2.21. The predicted molar refractivity (Wildman–Crippen MR) is 123 cm³/mol. The van der Waals surface area contributed by atoms with Crippen LogP contribution in [0.25, 0.3) is 10.9 Å². The fourth-order valence-corrected chi connectivity index (χ4v) is 4.13. The number of benzene rings is 1. The van der Waals surface area contributed by atoms with E-state index in [0.717, 1.165) is 11.3 Å². The number of nitrogens with one attached hydrogen (secondary N) is 2. The molecule has 170 valence electrons. The third kappa shape index (κ3) is 4.79. The number of carboxylic acids is 1. The van der Waals surface area contributed by atoms with Gasteiger partial charge in [0.15, 0.2) is 5.13 Å². The van der Waals surface area contributed by atoms with Crippen molar-refractivity contribution in [3.05, 3.63) is 46.1 Å². The number of carboxylic acid groups (broad SMARTS) is 1. The molecular formula is C21H26N6O4S. The number of rotatable bonds is 9. The van der Waals surface area contributed by atoms with E-state index >= 15 is 0 Å². The standard InChI is InChI=1S/C21H26N6O4S/c1-4-27(26(2)3)19(29)16-11-32-21(24-16)25-18(28)12-7-8-15-14(10-12)13(6-5-9-22)17(23-15)20(30)31/h7-8,10-11,23H,4-6,9,22H2,1-3H3,(H,30,31)(H,24,25,28). The normalized spacial score (nSPS) is 11.2. The van der Waals surface area contributed by atoms with E-state index in [4.69, 9.17) is 5.73 Å². The average molecular weight is 459 g/mol. The summed E-state index contributed by atoms with van der Waals surface area (Å²) in [6.45, 7) is 2.79. The smallest absolute Gasteiger partial charge is 0.352 e. The molecule has 11 heteroatoms. The number of carbonyl (C=O) groups excluding carboxylic acids is 2. The summed E-state index contributed by atoms with van der Waals surface area (Å²) in [5.74, 6) is -1.71. The van der Waals surface area contributed by atoms with Crippen LogP contribution in [0.5, 0.6) is 0 Å². The van der Waals surface area contributed by atoms with Gasteiger partial charge < -0.3 is 15.8 Å². The first-order valence-electron chi connectivity index (χ1n) is 10.1. The number of hydrogen-bond donors (Lipinski definition) is 4. The van der Waals surface area contributed by atoms with E-state index in [1.54, 1.807) is 42.7 Å². The van der Waals surface area contributed by atoms with Crippen molar-refractivity contribution >= 4 is 45.2 Å². The first-order chi connectivity index (χ1) is 15.3. The van der Waals surface area contributed by atoms with Crippen LogP contribution in [0.4, 0.5) is 5.13 Å². The molecule has 0 unspecified atom stereocenters. The van der Waals surface area contributed by atoms with Crippen molar-refractivity contribution in [2.75, 3.05) is 32.5 Å². The number of hydrogen-bond acceptors (Lipinski definition) is 7. The molecule has 0 aliphatic carbocycles. The number of aromatic nitrogens is 2. The van der Waals surface area contributed by atoms with Gasteiger partial charge in [0.25, 0.3) is 11.8 Å². The van der Waals surface area contributed by atoms with Gasteiger partial charge in [-0.15, -0.1) is 11.3 Å². The number of aromatic amines is 1. The molecule has 0 aliphatic heterocycles. The quantitative estimate of drug-likeness (QED) is 0.360. The SMILES string of the molecule is CCN(C(=O)c1csc(NC(=O)c2ccc3[nH]c(C(=O)O)c(CCCN)c3c2)n1)N(C)C. The molecule has 0 atom stereocenters. The molecule has 32 heavy (non-hydrogen) atoms. The lowest BCUT2D eigenvalue weighted by atomic mass is 10.0. The van der Waals surface area contributed by atoms with E-state index in [1.807, 2.05) is 6.92 Å². The summed E-state index contributed by atoms with van der Waals surface area (Å²) in [4.78, 5) is 44.1. The van der Waals surface area contributed by atoms with E-state index in [1.165, 1.54) is 5.01 Å². The summed E-state index contributed by atoms with van der Waals surface area (Å²) in [6, 6.07) is 4.94. The topological polar surface area (TPSA) is 145 Å². The van der Waals surface area contributed by atoms with Crippen LogP contribution in [0.2, 0.25) is 0 Å². The van der Waals surface area contributed by atoms with E-state index < -0.39 is 11.9 Å². The van der Waals surface area contributed by atoms with Crippen LogP contribution in [0.3, 0.4) is 0 Å². The number of amides is 2. The second kappa shape index (κ2) is 9.90. The van der Waals surface area contributed by atoms with Crippen LogP contribution >= 0.6 is 11.3 Å². The zero-order valence-electron chi connectivity index (χ0n) is 18.1. The first-order valence-corrected chi connectivity index (χ1v) is 11.0. The summed E-state index contributed by atoms with van der Waals surface area (Å²) >= 11 is 1.16. The Morgan fingerprint density at radius 3 is 2.66 bits per heavy atom. The van der Waals surface area contributed by atoms with Crippen LogP contribution in [0, 0.1) is 0 Å².